The van der Waals surface area contributed by atoms with Gasteiger partial charge in [-0.2, -0.15) is 0 Å². The van der Waals surface area contributed by atoms with E-state index in [1.54, 1.807) is 0 Å². The van der Waals surface area contributed by atoms with Crippen molar-refractivity contribution in [3.05, 3.63) is 12.2 Å². The summed E-state index contributed by atoms with van der Waals surface area (Å²) in [7, 11) is 2.65. The van der Waals surface area contributed by atoms with Crippen LogP contribution in [-0.2, 0) is 52.7 Å². The number of carboxylic acid groups (broad SMARTS) is 4. The second kappa shape index (κ2) is 22.8. The van der Waals surface area contributed by atoms with Gasteiger partial charge in [0.25, 0.3) is 11.8 Å². The second-order valence-corrected chi connectivity index (χ2v) is 11.6. The molecule has 1 heterocycles. The zero-order chi connectivity index (χ0) is 41.1. The Bertz CT molecular complexity index is 1470. The number of aliphatic carboxylic acids is 4. The van der Waals surface area contributed by atoms with Crippen molar-refractivity contribution >= 4 is 65.2 Å². The van der Waals surface area contributed by atoms with Crippen LogP contribution in [0.15, 0.2) is 12.2 Å². The summed E-state index contributed by atoms with van der Waals surface area (Å²) in [4.78, 5) is 135. The minimum absolute atomic E-state index is 0.203. The highest BCUT2D eigenvalue weighted by Crippen LogP contribution is 2.09. The Hall–Kier alpha value is -6.01. The fraction of sp³-hybridized carbons (Fsp3) is 0.567. The SMILES string of the molecule is CN[C@@H](CCC(=O)O)C(=O)NC(CNC(=O)[C@H](CCC(=O)O)NC(=O)[C@H](CNC(=O)[C@H](CN)N1C(=O)C=CC1=O)NC(=O)[C@H](CCC(=O)O)NC)C(=O)O. The molecule has 7 amide bonds. The summed E-state index contributed by atoms with van der Waals surface area (Å²) in [5.41, 5.74) is 5.62. The Kier molecular flexibility index (Phi) is 19.4. The number of imide groups is 1. The van der Waals surface area contributed by atoms with E-state index in [0.717, 1.165) is 12.2 Å². The first kappa shape index (κ1) is 46.0. The van der Waals surface area contributed by atoms with E-state index in [-0.39, 0.29) is 12.8 Å². The minimum Gasteiger partial charge on any atom is -0.481 e. The van der Waals surface area contributed by atoms with Gasteiger partial charge in [-0.15, -0.1) is 0 Å². The summed E-state index contributed by atoms with van der Waals surface area (Å²) >= 11 is 0. The molecule has 54 heavy (non-hydrogen) atoms. The predicted molar refractivity (Wildman–Crippen MR) is 180 cm³/mol. The number of carboxylic acids is 4. The summed E-state index contributed by atoms with van der Waals surface area (Å²) in [5.74, 6) is -12.4. The Morgan fingerprint density at radius 2 is 0.944 bits per heavy atom. The summed E-state index contributed by atoms with van der Waals surface area (Å²) < 4.78 is 0. The van der Waals surface area contributed by atoms with Crippen LogP contribution in [0.1, 0.15) is 38.5 Å². The molecule has 1 rings (SSSR count). The van der Waals surface area contributed by atoms with Gasteiger partial charge in [0.2, 0.25) is 29.5 Å². The molecule has 0 aliphatic carbocycles. The molecule has 0 aromatic rings. The zero-order valence-corrected chi connectivity index (χ0v) is 29.3. The summed E-state index contributed by atoms with van der Waals surface area (Å²) in [6.45, 7) is -2.10. The largest absolute Gasteiger partial charge is 0.481 e. The molecule has 13 N–H and O–H groups in total. The van der Waals surface area contributed by atoms with E-state index in [0.29, 0.717) is 4.90 Å². The van der Waals surface area contributed by atoms with Crippen LogP contribution >= 0.6 is 0 Å². The first-order valence-corrected chi connectivity index (χ1v) is 16.3. The first-order valence-electron chi connectivity index (χ1n) is 16.3. The number of likely N-dealkylation sites (N-methyl/N-ethyl adjacent to an activating group) is 2. The number of nitrogens with one attached hydrogen (secondary N) is 7. The lowest BCUT2D eigenvalue weighted by atomic mass is 10.1. The van der Waals surface area contributed by atoms with Gasteiger partial charge >= 0.3 is 23.9 Å². The van der Waals surface area contributed by atoms with Gasteiger partial charge in [-0.05, 0) is 33.4 Å². The fourth-order valence-corrected chi connectivity index (χ4v) is 4.81. The minimum atomic E-state index is -1.77. The number of amides is 7. The highest BCUT2D eigenvalue weighted by molar-refractivity contribution is 6.15. The number of rotatable bonds is 26. The zero-order valence-electron chi connectivity index (χ0n) is 29.3. The summed E-state index contributed by atoms with van der Waals surface area (Å²) in [6.07, 6.45) is -0.834. The van der Waals surface area contributed by atoms with Gasteiger partial charge in [0, 0.05) is 51.0 Å². The van der Waals surface area contributed by atoms with Gasteiger partial charge < -0.3 is 63.4 Å². The van der Waals surface area contributed by atoms with Crippen LogP contribution in [0.2, 0.25) is 0 Å². The molecule has 0 saturated carbocycles. The third-order valence-corrected chi connectivity index (χ3v) is 7.79. The molecule has 24 nitrogen and oxygen atoms in total. The van der Waals surface area contributed by atoms with Crippen LogP contribution in [-0.4, -0.2) is 161 Å². The summed E-state index contributed by atoms with van der Waals surface area (Å²) in [5, 5.41) is 53.0. The van der Waals surface area contributed by atoms with Crippen molar-refractivity contribution in [2.24, 2.45) is 5.73 Å². The van der Waals surface area contributed by atoms with Crippen LogP contribution in [0.5, 0.6) is 0 Å². The van der Waals surface area contributed by atoms with Gasteiger partial charge in [0.05, 0.1) is 12.1 Å². The van der Waals surface area contributed by atoms with E-state index in [1.807, 2.05) is 0 Å². The molecular weight excluding hydrogens is 726 g/mol. The molecule has 0 fully saturated rings. The normalized spacial score (nSPS) is 15.5. The van der Waals surface area contributed by atoms with E-state index < -0.39 is 147 Å². The third-order valence-electron chi connectivity index (χ3n) is 7.79. The van der Waals surface area contributed by atoms with E-state index in [1.165, 1.54) is 14.1 Å². The Labute approximate surface area is 307 Å². The molecule has 0 aromatic heterocycles. The van der Waals surface area contributed by atoms with Crippen molar-refractivity contribution in [1.82, 2.24) is 42.1 Å². The third kappa shape index (κ3) is 15.3. The lowest BCUT2D eigenvalue weighted by Crippen LogP contribution is -2.61. The molecule has 0 bridgehead atoms. The van der Waals surface area contributed by atoms with Crippen molar-refractivity contribution in [2.75, 3.05) is 33.7 Å². The van der Waals surface area contributed by atoms with Crippen molar-refractivity contribution in [3.63, 3.8) is 0 Å². The van der Waals surface area contributed by atoms with Gasteiger partial charge in [-0.3, -0.25) is 52.8 Å². The molecule has 1 aliphatic heterocycles. The maximum absolute atomic E-state index is 13.6. The predicted octanol–water partition coefficient (Wildman–Crippen LogP) is -6.22. The number of nitrogens with two attached hydrogens (primary N) is 1. The lowest BCUT2D eigenvalue weighted by molar-refractivity contribution is -0.145. The molecule has 0 radical (unpaired) electrons. The van der Waals surface area contributed by atoms with Gasteiger partial charge in [-0.25, -0.2) is 4.79 Å². The van der Waals surface area contributed by atoms with Gasteiger partial charge in [0.15, 0.2) is 0 Å². The Balaban J connectivity index is 3.26. The smallest absolute Gasteiger partial charge is 0.328 e. The van der Waals surface area contributed by atoms with Gasteiger partial charge in [-0.1, -0.05) is 0 Å². The molecule has 1 unspecified atom stereocenters. The van der Waals surface area contributed by atoms with Crippen LogP contribution in [0.25, 0.3) is 0 Å². The molecule has 0 aromatic carbocycles. The average Bonchev–Trinajstić information content (AvgIpc) is 3.43. The highest BCUT2D eigenvalue weighted by atomic mass is 16.4. The van der Waals surface area contributed by atoms with Crippen LogP contribution in [0.4, 0.5) is 0 Å². The van der Waals surface area contributed by atoms with E-state index in [2.05, 4.69) is 37.2 Å². The standard InChI is InChI=1S/C30H45N9O15/c1-32-14(3-8-22(42)43)26(49)37-17(12-35-29(52)19(11-31)39-20(40)6-7-21(39)41)28(51)36-16(5-10-24(46)47)25(48)34-13-18(30(53)54)38-27(50)15(33-2)4-9-23(44)45/h6-7,14-19,32-33H,3-5,8-13,31H2,1-2H3,(H,34,48)(H,35,52)(H,36,51)(H,37,49)(H,38,50)(H,42,43)(H,44,45)(H,46,47)(H,53,54)/t14-,15-,16-,17-,18?,19-/m0/s1. The van der Waals surface area contributed by atoms with E-state index in [4.69, 9.17) is 15.9 Å². The Morgan fingerprint density at radius 3 is 1.35 bits per heavy atom. The van der Waals surface area contributed by atoms with Crippen LogP contribution in [0, 0.1) is 0 Å². The monoisotopic (exact) mass is 771 g/mol. The van der Waals surface area contributed by atoms with Crippen molar-refractivity contribution in [2.45, 2.75) is 74.8 Å². The van der Waals surface area contributed by atoms with Crippen molar-refractivity contribution < 1.29 is 73.2 Å². The Morgan fingerprint density at radius 1 is 0.574 bits per heavy atom. The number of carbonyl (C=O) groups excluding carboxylic acids is 7. The maximum atomic E-state index is 13.6. The molecule has 300 valence electrons. The van der Waals surface area contributed by atoms with Gasteiger partial charge in [0.1, 0.15) is 24.2 Å². The molecule has 6 atom stereocenters. The average molecular weight is 772 g/mol. The quantitative estimate of drug-likeness (QED) is 0.0364. The number of nitrogens with zero attached hydrogens (tertiary/aromatic N) is 1. The lowest BCUT2D eigenvalue weighted by Gasteiger charge is -2.27. The highest BCUT2D eigenvalue weighted by Gasteiger charge is 2.36. The first-order chi connectivity index (χ1) is 25.4. The maximum Gasteiger partial charge on any atom is 0.328 e. The fourth-order valence-electron chi connectivity index (χ4n) is 4.81. The number of hydrogen-bond donors (Lipinski definition) is 12. The number of hydrogen-bond acceptors (Lipinski definition) is 14. The van der Waals surface area contributed by atoms with E-state index in [9.17, 15) is 63.0 Å². The second-order valence-electron chi connectivity index (χ2n) is 11.6. The van der Waals surface area contributed by atoms with E-state index >= 15 is 0 Å². The molecule has 1 aliphatic rings. The molecule has 0 spiro atoms. The molecular formula is C30H45N9O15. The molecule has 24 heteroatoms. The van der Waals surface area contributed by atoms with Crippen LogP contribution < -0.4 is 43.0 Å². The van der Waals surface area contributed by atoms with Crippen molar-refractivity contribution in [1.29, 1.82) is 0 Å². The van der Waals surface area contributed by atoms with Crippen molar-refractivity contribution in [3.8, 4) is 0 Å². The topological polar surface area (TPSA) is 382 Å². The number of carbonyl (C=O) groups is 11. The summed E-state index contributed by atoms with van der Waals surface area (Å²) in [6, 6.07) is -9.10. The van der Waals surface area contributed by atoms with Crippen LogP contribution in [0.3, 0.4) is 0 Å². The molecule has 0 saturated heterocycles.